The topological polar surface area (TPSA) is 81.9 Å². The molecular formula is C13H14N2O4. The number of nitrogens with zero attached hydrogens (tertiary/aromatic N) is 1. The van der Waals surface area contributed by atoms with Crippen molar-refractivity contribution in [3.63, 3.8) is 0 Å². The molecule has 2 amide bonds. The van der Waals surface area contributed by atoms with Gasteiger partial charge in [-0.05, 0) is 25.0 Å². The summed E-state index contributed by atoms with van der Waals surface area (Å²) in [6.07, 6.45) is 0.126. The molecule has 2 bridgehead atoms. The van der Waals surface area contributed by atoms with Crippen molar-refractivity contribution >= 4 is 23.2 Å². The zero-order valence-corrected chi connectivity index (χ0v) is 10.5. The van der Waals surface area contributed by atoms with Crippen molar-refractivity contribution in [1.82, 2.24) is 0 Å². The number of imide groups is 1. The number of nitrogens with two attached hydrogens (primary N) is 1. The molecule has 2 N–H and O–H groups in total. The van der Waals surface area contributed by atoms with Crippen LogP contribution in [-0.4, -0.2) is 31.1 Å². The Bertz CT molecular complexity index is 536. The largest absolute Gasteiger partial charge is 0.494 e. The molecule has 1 aromatic rings. The van der Waals surface area contributed by atoms with Crippen molar-refractivity contribution in [3.8, 4) is 5.75 Å². The lowest BCUT2D eigenvalue weighted by atomic mass is 10.2. The number of nitrogen functional groups attached to an aromatic ring is 1. The van der Waals surface area contributed by atoms with Gasteiger partial charge in [0.05, 0.1) is 12.8 Å². The van der Waals surface area contributed by atoms with Crippen LogP contribution in [0.4, 0.5) is 11.4 Å². The molecular weight excluding hydrogens is 248 g/mol. The van der Waals surface area contributed by atoms with Gasteiger partial charge < -0.3 is 15.2 Å². The van der Waals surface area contributed by atoms with E-state index in [1.807, 2.05) is 0 Å². The predicted molar refractivity (Wildman–Crippen MR) is 67.8 cm³/mol. The number of rotatable bonds is 2. The lowest BCUT2D eigenvalue weighted by molar-refractivity contribution is -0.146. The van der Waals surface area contributed by atoms with Gasteiger partial charge in [-0.1, -0.05) is 0 Å². The lowest BCUT2D eigenvalue weighted by Crippen LogP contribution is -2.52. The molecule has 6 heteroatoms. The number of anilines is 2. The quantitative estimate of drug-likeness (QED) is 0.626. The van der Waals surface area contributed by atoms with Crippen molar-refractivity contribution in [2.45, 2.75) is 25.0 Å². The molecule has 0 spiro atoms. The van der Waals surface area contributed by atoms with E-state index in [4.69, 9.17) is 15.2 Å². The van der Waals surface area contributed by atoms with Crippen LogP contribution >= 0.6 is 0 Å². The Morgan fingerprint density at radius 3 is 2.47 bits per heavy atom. The second kappa shape index (κ2) is 4.24. The Hall–Kier alpha value is -2.08. The van der Waals surface area contributed by atoms with Gasteiger partial charge in [0.2, 0.25) is 0 Å². The molecule has 1 aromatic carbocycles. The monoisotopic (exact) mass is 262 g/mol. The van der Waals surface area contributed by atoms with Gasteiger partial charge in [0.15, 0.2) is 0 Å². The maximum Gasteiger partial charge on any atom is 0.263 e. The van der Waals surface area contributed by atoms with E-state index in [0.717, 1.165) is 4.90 Å². The van der Waals surface area contributed by atoms with Crippen LogP contribution in [0, 0.1) is 0 Å². The van der Waals surface area contributed by atoms with Crippen LogP contribution in [0.3, 0.4) is 0 Å². The Morgan fingerprint density at radius 2 is 1.89 bits per heavy atom. The fourth-order valence-corrected chi connectivity index (χ4v) is 2.51. The predicted octanol–water partition coefficient (Wildman–Crippen LogP) is 0.698. The third-order valence-corrected chi connectivity index (χ3v) is 3.46. The van der Waals surface area contributed by atoms with Crippen molar-refractivity contribution < 1.29 is 19.1 Å². The number of benzene rings is 1. The molecule has 3 rings (SSSR count). The third kappa shape index (κ3) is 1.76. The summed E-state index contributed by atoms with van der Waals surface area (Å²) in [4.78, 5) is 25.6. The maximum absolute atomic E-state index is 12.2. The highest BCUT2D eigenvalue weighted by molar-refractivity contribution is 6.20. The highest BCUT2D eigenvalue weighted by Crippen LogP contribution is 2.37. The summed E-state index contributed by atoms with van der Waals surface area (Å²) in [5.74, 6) is -0.258. The van der Waals surface area contributed by atoms with E-state index in [1.54, 1.807) is 18.2 Å². The van der Waals surface area contributed by atoms with Crippen molar-refractivity contribution in [2.75, 3.05) is 17.7 Å². The third-order valence-electron chi connectivity index (χ3n) is 3.46. The molecule has 100 valence electrons. The van der Waals surface area contributed by atoms with Gasteiger partial charge in [-0.25, -0.2) is 4.90 Å². The second-order valence-corrected chi connectivity index (χ2v) is 4.63. The van der Waals surface area contributed by atoms with E-state index >= 15 is 0 Å². The Labute approximate surface area is 110 Å². The Kier molecular flexibility index (Phi) is 2.67. The van der Waals surface area contributed by atoms with Gasteiger partial charge in [0.25, 0.3) is 11.8 Å². The summed E-state index contributed by atoms with van der Waals surface area (Å²) in [6.45, 7) is 0. The van der Waals surface area contributed by atoms with Crippen molar-refractivity contribution in [2.24, 2.45) is 0 Å². The maximum atomic E-state index is 12.2. The number of methoxy groups -OCH3 is 1. The Balaban J connectivity index is 2.06. The normalized spacial score (nSPS) is 25.8. The zero-order chi connectivity index (χ0) is 13.6. The molecule has 2 fully saturated rings. The van der Waals surface area contributed by atoms with Crippen LogP contribution in [0.5, 0.6) is 5.75 Å². The number of ether oxygens (including phenoxy) is 2. The number of hydrogen-bond donors (Lipinski definition) is 1. The SMILES string of the molecule is COc1cc(N)ccc1N1C(=O)C2CCC(O2)C1=O. The molecule has 0 saturated carbocycles. The summed E-state index contributed by atoms with van der Waals surface area (Å²) in [5, 5.41) is 0. The number of fused-ring (bicyclic) bond motifs is 2. The minimum Gasteiger partial charge on any atom is -0.494 e. The highest BCUT2D eigenvalue weighted by Gasteiger charge is 2.47. The minimum absolute atomic E-state index is 0.332. The van der Waals surface area contributed by atoms with E-state index in [9.17, 15) is 9.59 Å². The molecule has 6 nitrogen and oxygen atoms in total. The van der Waals surface area contributed by atoms with Gasteiger partial charge in [-0.3, -0.25) is 9.59 Å². The molecule has 2 aliphatic heterocycles. The van der Waals surface area contributed by atoms with Crippen LogP contribution in [0.1, 0.15) is 12.8 Å². The lowest BCUT2D eigenvalue weighted by Gasteiger charge is -2.30. The van der Waals surface area contributed by atoms with Gasteiger partial charge in [0, 0.05) is 11.8 Å². The molecule has 2 atom stereocenters. The Morgan fingerprint density at radius 1 is 1.26 bits per heavy atom. The molecule has 2 unspecified atom stereocenters. The summed E-state index contributed by atoms with van der Waals surface area (Å²) >= 11 is 0. The number of hydrogen-bond acceptors (Lipinski definition) is 5. The average Bonchev–Trinajstić information content (AvgIpc) is 2.85. The fraction of sp³-hybridized carbons (Fsp3) is 0.385. The molecule has 0 radical (unpaired) electrons. The number of amides is 2. The molecule has 2 saturated heterocycles. The minimum atomic E-state index is -0.523. The first-order valence-corrected chi connectivity index (χ1v) is 6.08. The van der Waals surface area contributed by atoms with Crippen LogP contribution in [0.2, 0.25) is 0 Å². The molecule has 2 aliphatic rings. The van der Waals surface area contributed by atoms with Crippen LogP contribution in [0.15, 0.2) is 18.2 Å². The summed E-state index contributed by atoms with van der Waals surface area (Å²) in [7, 11) is 1.47. The van der Waals surface area contributed by atoms with Crippen molar-refractivity contribution in [3.05, 3.63) is 18.2 Å². The van der Waals surface area contributed by atoms with E-state index < -0.39 is 12.2 Å². The molecule has 2 heterocycles. The van der Waals surface area contributed by atoms with Crippen LogP contribution in [-0.2, 0) is 14.3 Å². The number of morpholine rings is 1. The first-order valence-electron chi connectivity index (χ1n) is 6.08. The van der Waals surface area contributed by atoms with Crippen LogP contribution in [0.25, 0.3) is 0 Å². The fourth-order valence-electron chi connectivity index (χ4n) is 2.51. The van der Waals surface area contributed by atoms with Crippen molar-refractivity contribution in [1.29, 1.82) is 0 Å². The van der Waals surface area contributed by atoms with E-state index in [-0.39, 0.29) is 11.8 Å². The number of carbonyl (C=O) groups is 2. The smallest absolute Gasteiger partial charge is 0.263 e. The first kappa shape index (κ1) is 12.0. The van der Waals surface area contributed by atoms with E-state index in [2.05, 4.69) is 0 Å². The van der Waals surface area contributed by atoms with E-state index in [1.165, 1.54) is 7.11 Å². The van der Waals surface area contributed by atoms with Gasteiger partial charge in [-0.15, -0.1) is 0 Å². The molecule has 0 aromatic heterocycles. The summed E-state index contributed by atoms with van der Waals surface area (Å²) in [6, 6.07) is 4.85. The standard InChI is InChI=1S/C13H14N2O4/c1-18-11-6-7(14)2-3-8(11)15-12(16)9-4-5-10(19-9)13(15)17/h2-3,6,9-10H,4-5,14H2,1H3. The van der Waals surface area contributed by atoms with Gasteiger partial charge >= 0.3 is 0 Å². The van der Waals surface area contributed by atoms with Gasteiger partial charge in [-0.2, -0.15) is 0 Å². The summed E-state index contributed by atoms with van der Waals surface area (Å²) < 4.78 is 10.6. The average molecular weight is 262 g/mol. The molecule has 0 aliphatic carbocycles. The zero-order valence-electron chi connectivity index (χ0n) is 10.5. The van der Waals surface area contributed by atoms with Crippen LogP contribution < -0.4 is 15.4 Å². The van der Waals surface area contributed by atoms with E-state index in [0.29, 0.717) is 30.0 Å². The summed E-state index contributed by atoms with van der Waals surface area (Å²) in [5.41, 5.74) is 6.61. The first-order chi connectivity index (χ1) is 9.11. The second-order valence-electron chi connectivity index (χ2n) is 4.63. The highest BCUT2D eigenvalue weighted by atomic mass is 16.5. The molecule has 19 heavy (non-hydrogen) atoms. The number of carbonyl (C=O) groups excluding carboxylic acids is 2. The van der Waals surface area contributed by atoms with Gasteiger partial charge in [0.1, 0.15) is 18.0 Å².